The number of ether oxygens (including phenoxy) is 1. The fraction of sp³-hybridized carbons (Fsp3) is 0.292. The zero-order chi connectivity index (χ0) is 22.9. The molecule has 1 aromatic heterocycles. The molecule has 166 valence electrons. The zero-order valence-electron chi connectivity index (χ0n) is 18.3. The minimum atomic E-state index is -0.381. The predicted octanol–water partition coefficient (Wildman–Crippen LogP) is 5.66. The van der Waals surface area contributed by atoms with Gasteiger partial charge in [0.1, 0.15) is 5.75 Å². The number of carbonyl (C=O) groups is 1. The van der Waals surface area contributed by atoms with Crippen molar-refractivity contribution < 1.29 is 13.9 Å². The molecular formula is C24H24ClN3O3S. The van der Waals surface area contributed by atoms with E-state index in [1.165, 1.54) is 17.3 Å². The SMILES string of the molecule is CC(Sc1nnc(COc2ccccc2Cl)o1)C(=O)/C=C1\N(C)c2ccccc2C1(C)C. The monoisotopic (exact) mass is 469 g/mol. The number of benzene rings is 2. The normalized spacial score (nSPS) is 16.8. The maximum absolute atomic E-state index is 13.0. The first-order valence-electron chi connectivity index (χ1n) is 10.2. The van der Waals surface area contributed by atoms with Crippen molar-refractivity contribution in [2.45, 2.75) is 43.3 Å². The van der Waals surface area contributed by atoms with Crippen LogP contribution in [0.5, 0.6) is 5.75 Å². The summed E-state index contributed by atoms with van der Waals surface area (Å²) in [7, 11) is 1.99. The van der Waals surface area contributed by atoms with Crippen molar-refractivity contribution in [1.82, 2.24) is 10.2 Å². The van der Waals surface area contributed by atoms with E-state index in [4.69, 9.17) is 20.8 Å². The fourth-order valence-corrected chi connectivity index (χ4v) is 4.67. The molecule has 3 aromatic rings. The average Bonchev–Trinajstić information content (AvgIpc) is 3.29. The van der Waals surface area contributed by atoms with Crippen LogP contribution in [-0.2, 0) is 16.8 Å². The van der Waals surface area contributed by atoms with Crippen LogP contribution in [0.1, 0.15) is 32.2 Å². The Labute approximate surface area is 196 Å². The highest BCUT2D eigenvalue weighted by Gasteiger charge is 2.38. The molecule has 0 fully saturated rings. The summed E-state index contributed by atoms with van der Waals surface area (Å²) in [4.78, 5) is 15.1. The lowest BCUT2D eigenvalue weighted by atomic mass is 9.83. The summed E-state index contributed by atoms with van der Waals surface area (Å²) < 4.78 is 11.3. The molecule has 6 nitrogen and oxygen atoms in total. The van der Waals surface area contributed by atoms with Gasteiger partial charge in [-0.2, -0.15) is 0 Å². The molecule has 0 radical (unpaired) electrons. The van der Waals surface area contributed by atoms with Gasteiger partial charge in [0.2, 0.25) is 0 Å². The van der Waals surface area contributed by atoms with Crippen LogP contribution in [0.3, 0.4) is 0 Å². The number of fused-ring (bicyclic) bond motifs is 1. The first-order chi connectivity index (χ1) is 15.3. The number of hydrogen-bond donors (Lipinski definition) is 0. The van der Waals surface area contributed by atoms with Crippen molar-refractivity contribution in [3.05, 3.63) is 76.8 Å². The Hall–Kier alpha value is -2.77. The lowest BCUT2D eigenvalue weighted by Gasteiger charge is -2.24. The summed E-state index contributed by atoms with van der Waals surface area (Å²) in [5.41, 5.74) is 3.05. The van der Waals surface area contributed by atoms with Crippen molar-refractivity contribution in [2.75, 3.05) is 11.9 Å². The van der Waals surface area contributed by atoms with Crippen LogP contribution in [0, 0.1) is 0 Å². The van der Waals surface area contributed by atoms with Gasteiger partial charge < -0.3 is 14.1 Å². The Bertz CT molecular complexity index is 1170. The molecule has 1 atom stereocenters. The highest BCUT2D eigenvalue weighted by molar-refractivity contribution is 8.00. The maximum Gasteiger partial charge on any atom is 0.277 e. The van der Waals surface area contributed by atoms with Crippen LogP contribution < -0.4 is 9.64 Å². The third-order valence-corrected chi connectivity index (χ3v) is 6.80. The number of ketones is 1. The van der Waals surface area contributed by atoms with E-state index in [-0.39, 0.29) is 23.1 Å². The summed E-state index contributed by atoms with van der Waals surface area (Å²) >= 11 is 7.32. The molecule has 0 N–H and O–H groups in total. The van der Waals surface area contributed by atoms with E-state index in [2.05, 4.69) is 41.1 Å². The Balaban J connectivity index is 1.41. The van der Waals surface area contributed by atoms with Crippen molar-refractivity contribution in [2.24, 2.45) is 0 Å². The van der Waals surface area contributed by atoms with Gasteiger partial charge in [-0.05, 0) is 30.7 Å². The van der Waals surface area contributed by atoms with Crippen LogP contribution in [0.2, 0.25) is 5.02 Å². The molecule has 1 aliphatic rings. The van der Waals surface area contributed by atoms with Crippen LogP contribution >= 0.6 is 23.4 Å². The van der Waals surface area contributed by atoms with Crippen LogP contribution in [0.15, 0.2) is 69.9 Å². The standard InChI is InChI=1S/C24H24ClN3O3S/c1-15(19(29)13-21-24(2,3)16-9-5-7-11-18(16)28(21)4)32-23-27-26-22(31-23)14-30-20-12-8-6-10-17(20)25/h5-13,15H,14H2,1-4H3/b21-13-. The summed E-state index contributed by atoms with van der Waals surface area (Å²) in [5, 5.41) is 8.48. The first-order valence-corrected chi connectivity index (χ1v) is 11.5. The second-order valence-electron chi connectivity index (χ2n) is 8.07. The number of hydrogen-bond acceptors (Lipinski definition) is 7. The molecule has 0 aliphatic carbocycles. The minimum Gasteiger partial charge on any atom is -0.482 e. The van der Waals surface area contributed by atoms with E-state index in [0.717, 1.165) is 11.4 Å². The van der Waals surface area contributed by atoms with Crippen molar-refractivity contribution in [3.8, 4) is 5.75 Å². The van der Waals surface area contributed by atoms with Crippen LogP contribution in [0.4, 0.5) is 5.69 Å². The van der Waals surface area contributed by atoms with Crippen LogP contribution in [0.25, 0.3) is 0 Å². The van der Waals surface area contributed by atoms with Gasteiger partial charge in [-0.1, -0.05) is 67.5 Å². The lowest BCUT2D eigenvalue weighted by Crippen LogP contribution is -2.25. The van der Waals surface area contributed by atoms with E-state index in [0.29, 0.717) is 21.9 Å². The van der Waals surface area contributed by atoms with Gasteiger partial charge >= 0.3 is 0 Å². The topological polar surface area (TPSA) is 68.5 Å². The Morgan fingerprint density at radius 3 is 2.69 bits per heavy atom. The summed E-state index contributed by atoms with van der Waals surface area (Å²) in [6, 6.07) is 15.4. The van der Waals surface area contributed by atoms with Gasteiger partial charge in [-0.15, -0.1) is 10.2 Å². The van der Waals surface area contributed by atoms with Gasteiger partial charge in [0.15, 0.2) is 12.4 Å². The summed E-state index contributed by atoms with van der Waals surface area (Å²) in [5.74, 6) is 0.850. The number of nitrogens with zero attached hydrogens (tertiary/aromatic N) is 3. The molecule has 4 rings (SSSR count). The average molecular weight is 470 g/mol. The molecule has 0 amide bonds. The third kappa shape index (κ3) is 4.40. The zero-order valence-corrected chi connectivity index (χ0v) is 19.9. The minimum absolute atomic E-state index is 0.00945. The molecule has 0 spiro atoms. The molecule has 0 bridgehead atoms. The highest BCUT2D eigenvalue weighted by Crippen LogP contribution is 2.46. The predicted molar refractivity (Wildman–Crippen MR) is 126 cm³/mol. The highest BCUT2D eigenvalue weighted by atomic mass is 35.5. The van der Waals surface area contributed by atoms with E-state index < -0.39 is 0 Å². The number of rotatable bonds is 7. The van der Waals surface area contributed by atoms with Crippen molar-refractivity contribution in [1.29, 1.82) is 0 Å². The van der Waals surface area contributed by atoms with Gasteiger partial charge in [0, 0.05) is 29.9 Å². The molecule has 2 aromatic carbocycles. The number of para-hydroxylation sites is 2. The van der Waals surface area contributed by atoms with Gasteiger partial charge in [-0.3, -0.25) is 4.79 Å². The Morgan fingerprint density at radius 1 is 1.22 bits per heavy atom. The van der Waals surface area contributed by atoms with Crippen molar-refractivity contribution in [3.63, 3.8) is 0 Å². The molecular weight excluding hydrogens is 446 g/mol. The molecule has 1 unspecified atom stereocenters. The van der Waals surface area contributed by atoms with Gasteiger partial charge in [0.05, 0.1) is 10.3 Å². The van der Waals surface area contributed by atoms with Crippen LogP contribution in [-0.4, -0.2) is 28.3 Å². The smallest absolute Gasteiger partial charge is 0.277 e. The number of aromatic nitrogens is 2. The number of allylic oxidation sites excluding steroid dienone is 2. The van der Waals surface area contributed by atoms with Gasteiger partial charge in [0.25, 0.3) is 11.1 Å². The second kappa shape index (κ2) is 9.00. The van der Waals surface area contributed by atoms with E-state index in [9.17, 15) is 4.79 Å². The van der Waals surface area contributed by atoms with Gasteiger partial charge in [-0.25, -0.2) is 0 Å². The molecule has 32 heavy (non-hydrogen) atoms. The van der Waals surface area contributed by atoms with E-state index >= 15 is 0 Å². The molecule has 0 saturated carbocycles. The summed E-state index contributed by atoms with van der Waals surface area (Å²) in [6.45, 7) is 6.20. The van der Waals surface area contributed by atoms with E-state index in [1.54, 1.807) is 18.2 Å². The lowest BCUT2D eigenvalue weighted by molar-refractivity contribution is -0.114. The molecule has 0 saturated heterocycles. The number of anilines is 1. The summed E-state index contributed by atoms with van der Waals surface area (Å²) in [6.07, 6.45) is 1.73. The number of carbonyl (C=O) groups excluding carboxylic acids is 1. The largest absolute Gasteiger partial charge is 0.482 e. The first kappa shape index (κ1) is 22.4. The fourth-order valence-electron chi connectivity index (χ4n) is 3.77. The quantitative estimate of drug-likeness (QED) is 0.326. The van der Waals surface area contributed by atoms with Crippen molar-refractivity contribution >= 4 is 34.8 Å². The second-order valence-corrected chi connectivity index (χ2v) is 9.77. The molecule has 2 heterocycles. The number of likely N-dealkylation sites (N-methyl/N-ethyl adjacent to an activating group) is 1. The third-order valence-electron chi connectivity index (χ3n) is 5.53. The number of thioether (sulfide) groups is 1. The molecule has 8 heteroatoms. The number of halogens is 1. The van der Waals surface area contributed by atoms with E-state index in [1.807, 2.05) is 38.2 Å². The Kier molecular flexibility index (Phi) is 6.31. The molecule has 1 aliphatic heterocycles. The maximum atomic E-state index is 13.0. The Morgan fingerprint density at radius 2 is 1.94 bits per heavy atom.